The fraction of sp³-hybridized carbons (Fsp3) is 0.258. The Labute approximate surface area is 257 Å². The third kappa shape index (κ3) is 6.32. The number of hydrogen-bond acceptors (Lipinski definition) is 6. The number of nitrogens with zero attached hydrogens (tertiary/aromatic N) is 3. The number of carbonyl (C=O) groups excluding carboxylic acids is 1. The summed E-state index contributed by atoms with van der Waals surface area (Å²) in [5.41, 5.74) is 5.75. The molecule has 1 aliphatic heterocycles. The first-order valence-electron chi connectivity index (χ1n) is 13.4. The molecular formula is C31H31BrClN5O2S. The number of anilines is 2. The predicted octanol–water partition coefficient (Wildman–Crippen LogP) is 8.32. The van der Waals surface area contributed by atoms with Crippen LogP contribution in [0.15, 0.2) is 81.6 Å². The molecule has 0 bridgehead atoms. The molecule has 0 radical (unpaired) electrons. The van der Waals surface area contributed by atoms with Crippen LogP contribution in [0.25, 0.3) is 0 Å². The third-order valence-electron chi connectivity index (χ3n) is 6.97. The van der Waals surface area contributed by atoms with Gasteiger partial charge in [0.1, 0.15) is 18.4 Å². The van der Waals surface area contributed by atoms with Crippen LogP contribution in [-0.2, 0) is 11.4 Å². The summed E-state index contributed by atoms with van der Waals surface area (Å²) in [6.07, 6.45) is 0.998. The van der Waals surface area contributed by atoms with Crippen molar-refractivity contribution < 1.29 is 9.53 Å². The van der Waals surface area contributed by atoms with E-state index in [0.717, 1.165) is 44.6 Å². The number of hydrogen-bond donors (Lipinski definition) is 2. The lowest BCUT2D eigenvalue weighted by Crippen LogP contribution is -2.32. The number of ether oxygens (including phenoxy) is 1. The summed E-state index contributed by atoms with van der Waals surface area (Å²) in [6.45, 7) is 8.32. The molecule has 10 heteroatoms. The first-order valence-corrected chi connectivity index (χ1v) is 15.5. The van der Waals surface area contributed by atoms with E-state index in [1.807, 2.05) is 81.4 Å². The van der Waals surface area contributed by atoms with Gasteiger partial charge in [-0.3, -0.25) is 4.79 Å². The van der Waals surface area contributed by atoms with E-state index < -0.39 is 6.04 Å². The molecule has 2 N–H and O–H groups in total. The van der Waals surface area contributed by atoms with E-state index in [0.29, 0.717) is 33.1 Å². The second-order valence-electron chi connectivity index (χ2n) is 9.84. The fourth-order valence-electron chi connectivity index (χ4n) is 4.68. The van der Waals surface area contributed by atoms with Gasteiger partial charge in [-0.05, 0) is 68.7 Å². The Balaban J connectivity index is 1.60. The Morgan fingerprint density at radius 2 is 1.95 bits per heavy atom. The number of aromatic nitrogens is 3. The zero-order valence-electron chi connectivity index (χ0n) is 23.3. The molecular weight excluding hydrogens is 622 g/mol. The second kappa shape index (κ2) is 12.7. The number of halogens is 2. The van der Waals surface area contributed by atoms with Gasteiger partial charge in [0, 0.05) is 37.8 Å². The summed E-state index contributed by atoms with van der Waals surface area (Å²) in [5.74, 6) is 1.86. The van der Waals surface area contributed by atoms with Crippen LogP contribution >= 0.6 is 39.3 Å². The molecule has 3 aromatic carbocycles. The lowest BCUT2D eigenvalue weighted by atomic mass is 9.94. The lowest BCUT2D eigenvalue weighted by Gasteiger charge is -2.30. The molecule has 1 atom stereocenters. The molecule has 1 aliphatic rings. The molecule has 0 saturated heterocycles. The van der Waals surface area contributed by atoms with Crippen molar-refractivity contribution in [1.82, 2.24) is 14.8 Å². The molecule has 212 valence electrons. The number of carbonyl (C=O) groups is 1. The second-order valence-corrected chi connectivity index (χ2v) is 12.2. The van der Waals surface area contributed by atoms with Crippen molar-refractivity contribution in [2.45, 2.75) is 51.9 Å². The first-order chi connectivity index (χ1) is 19.8. The van der Waals surface area contributed by atoms with Crippen molar-refractivity contribution in [2.75, 3.05) is 16.4 Å². The van der Waals surface area contributed by atoms with Gasteiger partial charge in [-0.15, -0.1) is 5.10 Å². The van der Waals surface area contributed by atoms with Crippen molar-refractivity contribution >= 4 is 56.8 Å². The van der Waals surface area contributed by atoms with E-state index in [-0.39, 0.29) is 12.5 Å². The van der Waals surface area contributed by atoms with E-state index in [9.17, 15) is 4.79 Å². The molecule has 7 nitrogen and oxygen atoms in total. The highest BCUT2D eigenvalue weighted by Gasteiger charge is 2.36. The minimum atomic E-state index is -0.599. The molecule has 2 heterocycles. The zero-order chi connectivity index (χ0) is 29.1. The normalized spacial score (nSPS) is 14.4. The van der Waals surface area contributed by atoms with Crippen LogP contribution in [0.5, 0.6) is 5.75 Å². The molecule has 0 saturated carbocycles. The lowest BCUT2D eigenvalue weighted by molar-refractivity contribution is -0.113. The van der Waals surface area contributed by atoms with E-state index in [2.05, 4.69) is 33.5 Å². The van der Waals surface area contributed by atoms with Crippen LogP contribution in [0.1, 0.15) is 48.6 Å². The highest BCUT2D eigenvalue weighted by molar-refractivity contribution is 9.10. The van der Waals surface area contributed by atoms with Crippen LogP contribution in [0, 0.1) is 13.8 Å². The summed E-state index contributed by atoms with van der Waals surface area (Å²) < 4.78 is 9.01. The van der Waals surface area contributed by atoms with Crippen molar-refractivity contribution in [3.63, 3.8) is 0 Å². The number of benzene rings is 3. The van der Waals surface area contributed by atoms with Crippen LogP contribution in [0.3, 0.4) is 0 Å². The maximum atomic E-state index is 14.1. The number of rotatable bonds is 9. The summed E-state index contributed by atoms with van der Waals surface area (Å²) >= 11 is 11.6. The summed E-state index contributed by atoms with van der Waals surface area (Å²) in [5, 5.41) is 12.6. The van der Waals surface area contributed by atoms with Crippen molar-refractivity contribution in [1.29, 1.82) is 0 Å². The van der Waals surface area contributed by atoms with Crippen LogP contribution < -0.4 is 15.4 Å². The topological polar surface area (TPSA) is 81.1 Å². The third-order valence-corrected chi connectivity index (χ3v) is 8.88. The van der Waals surface area contributed by atoms with Gasteiger partial charge in [0.05, 0.1) is 5.57 Å². The van der Waals surface area contributed by atoms with Crippen molar-refractivity contribution in [3.8, 4) is 5.75 Å². The van der Waals surface area contributed by atoms with E-state index in [4.69, 9.17) is 26.4 Å². The first kappa shape index (κ1) is 29.2. The number of nitrogens with one attached hydrogen (secondary N) is 2. The van der Waals surface area contributed by atoms with Gasteiger partial charge in [0.25, 0.3) is 5.91 Å². The molecule has 0 aliphatic carbocycles. The maximum Gasteiger partial charge on any atom is 0.255 e. The van der Waals surface area contributed by atoms with Gasteiger partial charge < -0.3 is 15.4 Å². The summed E-state index contributed by atoms with van der Waals surface area (Å²) in [6, 6.07) is 18.7. The number of fused-ring (bicyclic) bond motifs is 1. The monoisotopic (exact) mass is 651 g/mol. The van der Waals surface area contributed by atoms with Gasteiger partial charge in [-0.1, -0.05) is 76.5 Å². The Bertz CT molecular complexity index is 1640. The van der Waals surface area contributed by atoms with Crippen LogP contribution in [0.4, 0.5) is 11.6 Å². The Hall–Kier alpha value is -3.27. The standard InChI is InChI=1S/C31H31BrClN5O2S/c1-5-15-41-31-36-30-34-20(4)27(29(39)35-25-12-8-9-18(2)19(25)3)28(38(30)37-31)23-16-22(32)13-14-26(23)40-17-21-10-6-7-11-24(21)33/h6-14,16,28H,5,15,17H2,1-4H3,(H,35,39)(H,34,36,37). The Kier molecular flexibility index (Phi) is 9.06. The molecule has 0 fully saturated rings. The number of amides is 1. The fourth-order valence-corrected chi connectivity index (χ4v) is 5.93. The molecule has 41 heavy (non-hydrogen) atoms. The number of allylic oxidation sites excluding steroid dienone is 1. The van der Waals surface area contributed by atoms with Crippen molar-refractivity contribution in [3.05, 3.63) is 104 Å². The molecule has 1 aromatic heterocycles. The Morgan fingerprint density at radius 3 is 2.73 bits per heavy atom. The molecule has 4 aromatic rings. The van der Waals surface area contributed by atoms with Gasteiger partial charge in [0.15, 0.2) is 0 Å². The average Bonchev–Trinajstić information content (AvgIpc) is 3.36. The highest BCUT2D eigenvalue weighted by Crippen LogP contribution is 2.42. The molecule has 5 rings (SSSR count). The minimum Gasteiger partial charge on any atom is -0.488 e. The summed E-state index contributed by atoms with van der Waals surface area (Å²) in [4.78, 5) is 18.8. The smallest absolute Gasteiger partial charge is 0.255 e. The minimum absolute atomic E-state index is 0.227. The van der Waals surface area contributed by atoms with Gasteiger partial charge in [0.2, 0.25) is 11.1 Å². The van der Waals surface area contributed by atoms with E-state index in [1.165, 1.54) is 0 Å². The van der Waals surface area contributed by atoms with Gasteiger partial charge in [-0.2, -0.15) is 4.98 Å². The summed E-state index contributed by atoms with van der Waals surface area (Å²) in [7, 11) is 0. The highest BCUT2D eigenvalue weighted by atomic mass is 79.9. The van der Waals surface area contributed by atoms with E-state index >= 15 is 0 Å². The van der Waals surface area contributed by atoms with E-state index in [1.54, 1.807) is 16.4 Å². The molecule has 1 unspecified atom stereocenters. The largest absolute Gasteiger partial charge is 0.488 e. The zero-order valence-corrected chi connectivity index (χ0v) is 26.5. The van der Waals surface area contributed by atoms with Gasteiger partial charge >= 0.3 is 0 Å². The Morgan fingerprint density at radius 1 is 1.15 bits per heavy atom. The van der Waals surface area contributed by atoms with Crippen molar-refractivity contribution in [2.24, 2.45) is 0 Å². The maximum absolute atomic E-state index is 14.1. The average molecular weight is 653 g/mol. The van der Waals surface area contributed by atoms with Crippen LogP contribution in [0.2, 0.25) is 5.02 Å². The number of aryl methyl sites for hydroxylation is 1. The molecule has 1 amide bonds. The predicted molar refractivity (Wildman–Crippen MR) is 170 cm³/mol. The number of thioether (sulfide) groups is 1. The quantitative estimate of drug-likeness (QED) is 0.177. The van der Waals surface area contributed by atoms with Crippen LogP contribution in [-0.4, -0.2) is 26.4 Å². The SMILES string of the molecule is CCCSc1nc2n(n1)C(c1cc(Br)ccc1OCc1ccccc1Cl)C(C(=O)Nc1cccc(C)c1C)=C(C)N2. The van der Waals surface area contributed by atoms with Gasteiger partial charge in [-0.25, -0.2) is 4.68 Å². The molecule has 0 spiro atoms.